The minimum atomic E-state index is -0.464. The van der Waals surface area contributed by atoms with Crippen LogP contribution in [0.15, 0.2) is 12.1 Å². The van der Waals surface area contributed by atoms with Crippen LogP contribution in [0.25, 0.3) is 0 Å². The number of carbonyl (C=O) groups is 1. The van der Waals surface area contributed by atoms with Crippen molar-refractivity contribution >= 4 is 11.7 Å². The van der Waals surface area contributed by atoms with Crippen LogP contribution in [-0.2, 0) is 4.74 Å². The molecule has 0 aliphatic carbocycles. The number of anilines is 1. The minimum absolute atomic E-state index is 0.288. The normalized spacial score (nSPS) is 16.1. The van der Waals surface area contributed by atoms with Gasteiger partial charge in [0.1, 0.15) is 6.73 Å². The number of benzene rings is 1. The van der Waals surface area contributed by atoms with E-state index >= 15 is 0 Å². The number of nitrogen functional groups attached to an aromatic ring is 1. The average molecular weight is 323 g/mol. The summed E-state index contributed by atoms with van der Waals surface area (Å²) in [7, 11) is 3.64. The molecule has 1 fully saturated rings. The van der Waals surface area contributed by atoms with Crippen molar-refractivity contribution in [3.63, 3.8) is 0 Å². The highest BCUT2D eigenvalue weighted by molar-refractivity contribution is 5.96. The summed E-state index contributed by atoms with van der Waals surface area (Å²) in [4.78, 5) is 16.4. The molecule has 7 nitrogen and oxygen atoms in total. The molecule has 7 heteroatoms. The molecule has 1 aromatic carbocycles. The van der Waals surface area contributed by atoms with Gasteiger partial charge in [-0.1, -0.05) is 0 Å². The van der Waals surface area contributed by atoms with E-state index in [9.17, 15) is 4.79 Å². The molecule has 128 valence electrons. The van der Waals surface area contributed by atoms with Gasteiger partial charge in [0.25, 0.3) is 0 Å². The van der Waals surface area contributed by atoms with Crippen LogP contribution in [0.5, 0.6) is 11.5 Å². The third kappa shape index (κ3) is 4.49. The predicted octanol–water partition coefficient (Wildman–Crippen LogP) is 1.04. The van der Waals surface area contributed by atoms with Crippen LogP contribution >= 0.6 is 0 Å². The van der Waals surface area contributed by atoms with Crippen LogP contribution in [0, 0.1) is 0 Å². The lowest BCUT2D eigenvalue weighted by molar-refractivity contribution is 0.0527. The predicted molar refractivity (Wildman–Crippen MR) is 87.9 cm³/mol. The molecule has 0 aromatic heterocycles. The first kappa shape index (κ1) is 17.4. The van der Waals surface area contributed by atoms with E-state index in [2.05, 4.69) is 16.8 Å². The summed E-state index contributed by atoms with van der Waals surface area (Å²) in [5.41, 5.74) is 6.55. The molecule has 0 bridgehead atoms. The van der Waals surface area contributed by atoms with Crippen LogP contribution < -0.4 is 15.2 Å². The van der Waals surface area contributed by atoms with Gasteiger partial charge in [0.05, 0.1) is 25.0 Å². The highest BCUT2D eigenvalue weighted by Crippen LogP contribution is 2.32. The number of piperazine rings is 1. The fourth-order valence-corrected chi connectivity index (χ4v) is 2.37. The molecule has 2 N–H and O–H groups in total. The molecule has 0 spiro atoms. The summed E-state index contributed by atoms with van der Waals surface area (Å²) in [5.74, 6) is 0.530. The maximum absolute atomic E-state index is 11.9. The molecule has 2 rings (SSSR count). The lowest BCUT2D eigenvalue weighted by atomic mass is 10.1. The number of carbonyl (C=O) groups excluding carboxylic acids is 1. The fourth-order valence-electron chi connectivity index (χ4n) is 2.37. The van der Waals surface area contributed by atoms with E-state index in [1.165, 1.54) is 7.11 Å². The lowest BCUT2D eigenvalue weighted by Gasteiger charge is -2.32. The van der Waals surface area contributed by atoms with Gasteiger partial charge in [-0.25, -0.2) is 4.79 Å². The van der Waals surface area contributed by atoms with E-state index in [1.54, 1.807) is 19.1 Å². The van der Waals surface area contributed by atoms with Gasteiger partial charge < -0.3 is 24.8 Å². The number of hydrogen-bond acceptors (Lipinski definition) is 7. The topological polar surface area (TPSA) is 77.3 Å². The quantitative estimate of drug-likeness (QED) is 0.619. The SMILES string of the molecule is CCOC(=O)c1cc(OC)c(OCN2CCN(C)CC2)cc1N. The highest BCUT2D eigenvalue weighted by atomic mass is 16.5. The standard InChI is InChI=1S/C16H25N3O4/c1-4-22-16(20)12-9-14(21-3)15(10-13(12)17)23-11-19-7-5-18(2)6-8-19/h9-10H,4-8,11,17H2,1-3H3. The van der Waals surface area contributed by atoms with Crippen LogP contribution in [0.1, 0.15) is 17.3 Å². The number of nitrogens with zero attached hydrogens (tertiary/aromatic N) is 2. The molecule has 0 saturated carbocycles. The molecule has 23 heavy (non-hydrogen) atoms. The Morgan fingerprint density at radius 2 is 1.91 bits per heavy atom. The van der Waals surface area contributed by atoms with Crippen LogP contribution in [-0.4, -0.2) is 69.4 Å². The Kier molecular flexibility index (Phi) is 6.06. The van der Waals surface area contributed by atoms with Crippen molar-refractivity contribution in [3.05, 3.63) is 17.7 Å². The van der Waals surface area contributed by atoms with Gasteiger partial charge in [-0.15, -0.1) is 0 Å². The van der Waals surface area contributed by atoms with Crippen molar-refractivity contribution in [2.75, 3.05) is 59.4 Å². The van der Waals surface area contributed by atoms with Crippen molar-refractivity contribution in [2.24, 2.45) is 0 Å². The molecule has 1 heterocycles. The van der Waals surface area contributed by atoms with Gasteiger partial charge in [-0.05, 0) is 14.0 Å². The van der Waals surface area contributed by atoms with E-state index in [1.807, 2.05) is 0 Å². The summed E-state index contributed by atoms with van der Waals surface area (Å²) in [5, 5.41) is 0. The number of nitrogens with two attached hydrogens (primary N) is 1. The second-order valence-electron chi connectivity index (χ2n) is 5.51. The third-order valence-corrected chi connectivity index (χ3v) is 3.83. The number of hydrogen-bond donors (Lipinski definition) is 1. The molecule has 0 unspecified atom stereocenters. The van der Waals surface area contributed by atoms with Gasteiger partial charge in [-0.2, -0.15) is 0 Å². The lowest BCUT2D eigenvalue weighted by Crippen LogP contribution is -2.45. The monoisotopic (exact) mass is 323 g/mol. The Morgan fingerprint density at radius 1 is 1.22 bits per heavy atom. The van der Waals surface area contributed by atoms with E-state index in [0.29, 0.717) is 30.5 Å². The van der Waals surface area contributed by atoms with Crippen LogP contribution in [0.3, 0.4) is 0 Å². The Labute approximate surface area is 136 Å². The van der Waals surface area contributed by atoms with E-state index in [4.69, 9.17) is 19.9 Å². The number of ether oxygens (including phenoxy) is 3. The fraction of sp³-hybridized carbons (Fsp3) is 0.562. The second-order valence-corrected chi connectivity index (χ2v) is 5.51. The summed E-state index contributed by atoms with van der Waals surface area (Å²) < 4.78 is 16.1. The first-order valence-corrected chi connectivity index (χ1v) is 7.73. The van der Waals surface area contributed by atoms with Gasteiger partial charge in [0.2, 0.25) is 0 Å². The van der Waals surface area contributed by atoms with Gasteiger partial charge in [0.15, 0.2) is 11.5 Å². The Balaban J connectivity index is 2.06. The zero-order valence-corrected chi connectivity index (χ0v) is 14.0. The number of esters is 1. The van der Waals surface area contributed by atoms with E-state index < -0.39 is 5.97 Å². The molecule has 1 aliphatic rings. The van der Waals surface area contributed by atoms with Crippen molar-refractivity contribution in [1.29, 1.82) is 0 Å². The van der Waals surface area contributed by atoms with Gasteiger partial charge >= 0.3 is 5.97 Å². The Bertz CT molecular complexity index is 542. The summed E-state index contributed by atoms with van der Waals surface area (Å²) in [6, 6.07) is 3.17. The average Bonchev–Trinajstić information content (AvgIpc) is 2.54. The molecule has 0 atom stereocenters. The molecule has 0 radical (unpaired) electrons. The molecule has 1 aliphatic heterocycles. The van der Waals surface area contributed by atoms with Crippen molar-refractivity contribution in [1.82, 2.24) is 9.80 Å². The third-order valence-electron chi connectivity index (χ3n) is 3.83. The maximum atomic E-state index is 11.9. The number of likely N-dealkylation sites (N-methyl/N-ethyl adjacent to an activating group) is 1. The molecular weight excluding hydrogens is 298 g/mol. The Hall–Kier alpha value is -1.99. The highest BCUT2D eigenvalue weighted by Gasteiger charge is 2.18. The maximum Gasteiger partial charge on any atom is 0.340 e. The van der Waals surface area contributed by atoms with Crippen LogP contribution in [0.4, 0.5) is 5.69 Å². The largest absolute Gasteiger partial charge is 0.493 e. The van der Waals surface area contributed by atoms with Gasteiger partial charge in [-0.3, -0.25) is 4.90 Å². The van der Waals surface area contributed by atoms with Crippen molar-refractivity contribution in [3.8, 4) is 11.5 Å². The van der Waals surface area contributed by atoms with Crippen molar-refractivity contribution < 1.29 is 19.0 Å². The second kappa shape index (κ2) is 8.03. The molecule has 1 saturated heterocycles. The molecular formula is C16H25N3O4. The van der Waals surface area contributed by atoms with Crippen LogP contribution in [0.2, 0.25) is 0 Å². The summed E-state index contributed by atoms with van der Waals surface area (Å²) in [6.07, 6.45) is 0. The Morgan fingerprint density at radius 3 is 2.52 bits per heavy atom. The zero-order chi connectivity index (χ0) is 16.8. The van der Waals surface area contributed by atoms with Crippen molar-refractivity contribution in [2.45, 2.75) is 6.92 Å². The smallest absolute Gasteiger partial charge is 0.340 e. The summed E-state index contributed by atoms with van der Waals surface area (Å²) >= 11 is 0. The zero-order valence-electron chi connectivity index (χ0n) is 14.0. The summed E-state index contributed by atoms with van der Waals surface area (Å²) in [6.45, 7) is 6.45. The van der Waals surface area contributed by atoms with E-state index in [-0.39, 0.29) is 5.56 Å². The van der Waals surface area contributed by atoms with E-state index in [0.717, 1.165) is 26.2 Å². The van der Waals surface area contributed by atoms with Gasteiger partial charge in [0, 0.05) is 38.3 Å². The minimum Gasteiger partial charge on any atom is -0.493 e. The number of methoxy groups -OCH3 is 1. The first-order valence-electron chi connectivity index (χ1n) is 7.73. The first-order chi connectivity index (χ1) is 11.0. The molecule has 0 amide bonds. The number of rotatable bonds is 6. The molecule has 1 aromatic rings.